The van der Waals surface area contributed by atoms with Crippen molar-refractivity contribution < 1.29 is 49.0 Å². The van der Waals surface area contributed by atoms with E-state index in [1.807, 2.05) is 0 Å². The van der Waals surface area contributed by atoms with Crippen molar-refractivity contribution in [2.75, 3.05) is 29.1 Å². The van der Waals surface area contributed by atoms with Crippen LogP contribution in [0, 0.1) is 0 Å². The summed E-state index contributed by atoms with van der Waals surface area (Å²) in [5, 5.41) is 30.4. The fraction of sp³-hybridized carbons (Fsp3) is 0.400. The van der Waals surface area contributed by atoms with Crippen LogP contribution in [0.4, 0.5) is 10.9 Å². The molecule has 0 bridgehead atoms. The Hall–Kier alpha value is -1.85. The van der Waals surface area contributed by atoms with Crippen molar-refractivity contribution in [2.24, 2.45) is 7.05 Å². The quantitative estimate of drug-likeness (QED) is 0.176. The fourth-order valence-corrected chi connectivity index (χ4v) is 5.90. The summed E-state index contributed by atoms with van der Waals surface area (Å²) in [5.74, 6) is -1.21. The number of β-lactam (4-membered cyclic amide) rings is 1. The van der Waals surface area contributed by atoms with Crippen LogP contribution in [0.15, 0.2) is 21.8 Å². The van der Waals surface area contributed by atoms with E-state index in [2.05, 4.69) is 31.1 Å². The van der Waals surface area contributed by atoms with E-state index in [1.165, 1.54) is 44.4 Å². The van der Waals surface area contributed by atoms with Gasteiger partial charge in [-0.2, -0.15) is 0 Å². The number of tetrazole rings is 1. The Kier molecular flexibility index (Phi) is 8.05. The zero-order chi connectivity index (χ0) is 22.1. The average Bonchev–Trinajstić information content (AvgIpc) is 3.35. The van der Waals surface area contributed by atoms with Crippen molar-refractivity contribution in [3.63, 3.8) is 0 Å². The van der Waals surface area contributed by atoms with Gasteiger partial charge in [0.15, 0.2) is 5.13 Å². The number of thioether (sulfide) groups is 2. The second-order valence-corrected chi connectivity index (χ2v) is 9.43. The molecule has 4 rings (SSSR count). The van der Waals surface area contributed by atoms with Crippen molar-refractivity contribution >= 4 is 63.6 Å². The van der Waals surface area contributed by atoms with Gasteiger partial charge in [-0.25, -0.2) is 9.67 Å². The maximum absolute atomic E-state index is 12.6. The number of nitrogens with zero attached hydrogens (tertiary/aromatic N) is 6. The summed E-state index contributed by atoms with van der Waals surface area (Å²) in [7, 11) is 1.67. The predicted molar refractivity (Wildman–Crippen MR) is 112 cm³/mol. The van der Waals surface area contributed by atoms with Crippen molar-refractivity contribution in [3.8, 4) is 0 Å². The van der Waals surface area contributed by atoms with E-state index < -0.39 is 29.2 Å². The molecular formula is C15H16N9NaO4S3. The van der Waals surface area contributed by atoms with Crippen LogP contribution in [0.2, 0.25) is 0 Å². The van der Waals surface area contributed by atoms with Crippen molar-refractivity contribution in [2.45, 2.75) is 16.6 Å². The third-order valence-electron chi connectivity index (χ3n) is 4.47. The molecule has 32 heavy (non-hydrogen) atoms. The number of carbonyl (C=O) groups is 3. The number of aliphatic carboxylic acids is 1. The Bertz CT molecular complexity index is 1070. The van der Waals surface area contributed by atoms with Gasteiger partial charge in [0.2, 0.25) is 11.1 Å². The summed E-state index contributed by atoms with van der Waals surface area (Å²) in [4.78, 5) is 41.8. The van der Waals surface area contributed by atoms with Gasteiger partial charge in [-0.1, -0.05) is 11.8 Å². The number of nitrogens with two attached hydrogens (primary N) is 1. The summed E-state index contributed by atoms with van der Waals surface area (Å²) in [6.07, 6.45) is 0. The molecule has 164 valence electrons. The molecule has 1 fully saturated rings. The molecule has 2 aliphatic heterocycles. The Labute approximate surface area is 216 Å². The maximum atomic E-state index is 12.6. The molecule has 2 aliphatic rings. The number of nitrogen functional groups attached to an aromatic ring is 1. The molecule has 13 nitrogen and oxygen atoms in total. The standard InChI is InChI=1S/C15H17N9O4S3.Na/c1-23-15(20-21-22-23)31-4-6-3-29-12-9(11(26)24(12)10(6)13(27)28)19-8(25)2-17-7-5-30-14(16)18-7;/h5,9,12,17H,2-4H2,1H3,(H2,16,18)(H,19,25)(H,27,28);/q;+1/p-1/t9-,12-;/m1./s1. The number of carboxylic acid groups (broad SMARTS) is 1. The maximum Gasteiger partial charge on any atom is 1.00 e. The number of aromatic nitrogens is 5. The van der Waals surface area contributed by atoms with Gasteiger partial charge in [-0.15, -0.1) is 28.2 Å². The fourth-order valence-electron chi connectivity index (χ4n) is 3.04. The van der Waals surface area contributed by atoms with Crippen LogP contribution in [0.1, 0.15) is 0 Å². The van der Waals surface area contributed by atoms with Crippen LogP contribution in [-0.4, -0.2) is 77.3 Å². The molecule has 1 saturated heterocycles. The van der Waals surface area contributed by atoms with Gasteiger partial charge in [-0.3, -0.25) is 14.5 Å². The molecule has 2 aromatic heterocycles. The zero-order valence-corrected chi connectivity index (χ0v) is 21.4. The summed E-state index contributed by atoms with van der Waals surface area (Å²) in [6, 6.07) is -0.814. The number of amides is 2. The van der Waals surface area contributed by atoms with Crippen LogP contribution in [-0.2, 0) is 21.4 Å². The minimum Gasteiger partial charge on any atom is -0.543 e. The van der Waals surface area contributed by atoms with E-state index in [4.69, 9.17) is 5.73 Å². The molecule has 0 unspecified atom stereocenters. The van der Waals surface area contributed by atoms with Gasteiger partial charge >= 0.3 is 29.6 Å². The smallest absolute Gasteiger partial charge is 0.543 e. The predicted octanol–water partition coefficient (Wildman–Crippen LogP) is -5.14. The molecule has 4 heterocycles. The number of rotatable bonds is 8. The summed E-state index contributed by atoms with van der Waals surface area (Å²) in [5.41, 5.74) is 5.92. The van der Waals surface area contributed by atoms with Gasteiger partial charge in [0, 0.05) is 23.9 Å². The van der Waals surface area contributed by atoms with E-state index >= 15 is 0 Å². The number of carboxylic acids is 1. The van der Waals surface area contributed by atoms with Crippen molar-refractivity contribution in [1.29, 1.82) is 0 Å². The first-order valence-corrected chi connectivity index (χ1v) is 11.7. The molecule has 2 amide bonds. The molecule has 2 atom stereocenters. The van der Waals surface area contributed by atoms with Gasteiger partial charge in [0.1, 0.15) is 17.2 Å². The Balaban J connectivity index is 0.00000289. The first-order valence-electron chi connectivity index (χ1n) is 8.82. The average molecular weight is 506 g/mol. The molecular weight excluding hydrogens is 489 g/mol. The largest absolute Gasteiger partial charge is 1.00 e. The van der Waals surface area contributed by atoms with Crippen molar-refractivity contribution in [3.05, 3.63) is 16.7 Å². The zero-order valence-electron chi connectivity index (χ0n) is 17.0. The van der Waals surface area contributed by atoms with E-state index in [1.54, 1.807) is 12.4 Å². The number of thiazole rings is 1. The van der Waals surface area contributed by atoms with Crippen molar-refractivity contribution in [1.82, 2.24) is 35.4 Å². The molecule has 0 saturated carbocycles. The molecule has 0 spiro atoms. The van der Waals surface area contributed by atoms with Crippen LogP contribution in [0.5, 0.6) is 0 Å². The molecule has 0 aliphatic carbocycles. The van der Waals surface area contributed by atoms with E-state index in [-0.39, 0.29) is 41.8 Å². The van der Waals surface area contributed by atoms with Crippen LogP contribution >= 0.6 is 34.9 Å². The summed E-state index contributed by atoms with van der Waals surface area (Å²) < 4.78 is 1.47. The molecule has 17 heteroatoms. The molecule has 2 aromatic rings. The normalized spacial score (nSPS) is 19.7. The van der Waals surface area contributed by atoms with Crippen LogP contribution in [0.25, 0.3) is 0 Å². The van der Waals surface area contributed by atoms with Gasteiger partial charge in [0.05, 0.1) is 18.2 Å². The topological polar surface area (TPSA) is 184 Å². The van der Waals surface area contributed by atoms with E-state index in [9.17, 15) is 19.5 Å². The minimum atomic E-state index is -1.43. The van der Waals surface area contributed by atoms with Crippen LogP contribution in [0.3, 0.4) is 0 Å². The minimum absolute atomic E-state index is 0. The van der Waals surface area contributed by atoms with Crippen LogP contribution < -0.4 is 51.0 Å². The second-order valence-electron chi connectivity index (χ2n) is 6.49. The van der Waals surface area contributed by atoms with E-state index in [0.717, 1.165) is 0 Å². The first kappa shape index (κ1) is 24.8. The first-order chi connectivity index (χ1) is 14.8. The second kappa shape index (κ2) is 10.4. The number of nitrogens with one attached hydrogen (secondary N) is 2. The number of fused-ring (bicyclic) bond motifs is 1. The van der Waals surface area contributed by atoms with E-state index in [0.29, 0.717) is 33.2 Å². The van der Waals surface area contributed by atoms with Gasteiger partial charge in [0.25, 0.3) is 5.91 Å². The number of hydrogen-bond donors (Lipinski definition) is 3. The Morgan fingerprint density at radius 1 is 1.44 bits per heavy atom. The summed E-state index contributed by atoms with van der Waals surface area (Å²) in [6.45, 7) is -0.0961. The molecule has 0 aromatic carbocycles. The SMILES string of the molecule is Cn1nnnc1SCC1=C(C(=O)[O-])N2C(=O)[C@@H](NC(=O)CNc3csc(N)n3)[C@H]2SC1.[Na+]. The number of carbonyl (C=O) groups excluding carboxylic acids is 3. The monoisotopic (exact) mass is 505 g/mol. The molecule has 4 N–H and O–H groups in total. The number of anilines is 2. The third kappa shape index (κ3) is 5.04. The Morgan fingerprint density at radius 3 is 2.84 bits per heavy atom. The number of hydrogen-bond acceptors (Lipinski definition) is 13. The van der Waals surface area contributed by atoms with Gasteiger partial charge < -0.3 is 26.3 Å². The summed E-state index contributed by atoms with van der Waals surface area (Å²) >= 11 is 3.88. The Morgan fingerprint density at radius 2 is 2.22 bits per heavy atom. The molecule has 0 radical (unpaired) electrons. The van der Waals surface area contributed by atoms with Gasteiger partial charge in [-0.05, 0) is 16.0 Å². The third-order valence-corrected chi connectivity index (χ3v) is 7.58. The number of aryl methyl sites for hydroxylation is 1.